The van der Waals surface area contributed by atoms with Crippen LogP contribution in [0.2, 0.25) is 0 Å². The van der Waals surface area contributed by atoms with Crippen LogP contribution in [0.4, 0.5) is 4.39 Å². The van der Waals surface area contributed by atoms with Crippen molar-refractivity contribution in [3.63, 3.8) is 0 Å². The summed E-state index contributed by atoms with van der Waals surface area (Å²) in [5.41, 5.74) is 7.92. The van der Waals surface area contributed by atoms with Crippen molar-refractivity contribution in [2.24, 2.45) is 5.73 Å². The van der Waals surface area contributed by atoms with E-state index in [1.165, 1.54) is 12.1 Å². The molecule has 2 N–H and O–H groups in total. The van der Waals surface area contributed by atoms with Gasteiger partial charge in [-0.2, -0.15) is 0 Å². The summed E-state index contributed by atoms with van der Waals surface area (Å²) in [6.07, 6.45) is 0. The number of hydrogen-bond donors (Lipinski definition) is 1. The van der Waals surface area contributed by atoms with E-state index in [9.17, 15) is 4.39 Å². The third-order valence-electron chi connectivity index (χ3n) is 3.15. The number of halogens is 2. The van der Waals surface area contributed by atoms with Gasteiger partial charge in [0.25, 0.3) is 0 Å². The highest BCUT2D eigenvalue weighted by Gasteiger charge is 2.19. The highest BCUT2D eigenvalue weighted by Crippen LogP contribution is 2.28. The Morgan fingerprint density at radius 1 is 1.50 bits per heavy atom. The Bertz CT molecular complexity index is 588. The maximum Gasteiger partial charge on any atom is 0.124 e. The average molecular weight is 358 g/mol. The molecule has 0 saturated heterocycles. The van der Waals surface area contributed by atoms with E-state index in [-0.39, 0.29) is 11.9 Å². The molecule has 0 radical (unpaired) electrons. The zero-order valence-corrected chi connectivity index (χ0v) is 13.8. The average Bonchev–Trinajstić information content (AvgIpc) is 2.78. The van der Waals surface area contributed by atoms with E-state index in [0.717, 1.165) is 27.3 Å². The molecule has 2 rings (SSSR count). The van der Waals surface area contributed by atoms with Crippen molar-refractivity contribution >= 4 is 27.3 Å². The van der Waals surface area contributed by atoms with Gasteiger partial charge in [0, 0.05) is 29.0 Å². The van der Waals surface area contributed by atoms with Gasteiger partial charge >= 0.3 is 0 Å². The fraction of sp³-hybridized carbons (Fsp3) is 0.357. The summed E-state index contributed by atoms with van der Waals surface area (Å²) in [4.78, 5) is 6.59. The van der Waals surface area contributed by atoms with Crippen LogP contribution in [0.5, 0.6) is 0 Å². The molecule has 6 heteroatoms. The van der Waals surface area contributed by atoms with Crippen molar-refractivity contribution in [3.05, 3.63) is 50.1 Å². The minimum atomic E-state index is -0.255. The molecule has 3 nitrogen and oxygen atoms in total. The van der Waals surface area contributed by atoms with E-state index < -0.39 is 0 Å². The van der Waals surface area contributed by atoms with Crippen LogP contribution < -0.4 is 5.73 Å². The van der Waals surface area contributed by atoms with Gasteiger partial charge in [0.15, 0.2) is 0 Å². The number of aromatic nitrogens is 1. The molecular formula is C14H17BrFN3S. The number of nitrogens with zero attached hydrogens (tertiary/aromatic N) is 2. The zero-order valence-electron chi connectivity index (χ0n) is 11.4. The minimum Gasteiger partial charge on any atom is -0.329 e. The lowest BCUT2D eigenvalue weighted by Crippen LogP contribution is -2.30. The first-order valence-corrected chi connectivity index (χ1v) is 7.94. The Labute approximate surface area is 130 Å². The lowest BCUT2D eigenvalue weighted by atomic mass is 10.1. The molecule has 2 aromatic rings. The Morgan fingerprint density at radius 2 is 2.25 bits per heavy atom. The molecule has 0 bridgehead atoms. The molecule has 1 atom stereocenters. The molecule has 0 amide bonds. The number of likely N-dealkylation sites (N-methyl/N-ethyl adjacent to an activating group) is 1. The Balaban J connectivity index is 2.18. The fourth-order valence-corrected chi connectivity index (χ4v) is 3.38. The Morgan fingerprint density at radius 3 is 2.80 bits per heavy atom. The summed E-state index contributed by atoms with van der Waals surface area (Å²) in [7, 11) is 2.00. The van der Waals surface area contributed by atoms with Gasteiger partial charge in [-0.1, -0.05) is 22.0 Å². The fourth-order valence-electron chi connectivity index (χ4n) is 2.16. The van der Waals surface area contributed by atoms with E-state index in [2.05, 4.69) is 31.2 Å². The molecule has 0 aliphatic rings. The van der Waals surface area contributed by atoms with Crippen LogP contribution in [0.3, 0.4) is 0 Å². The van der Waals surface area contributed by atoms with Gasteiger partial charge in [-0.3, -0.25) is 4.90 Å². The van der Waals surface area contributed by atoms with Crippen LogP contribution >= 0.6 is 27.3 Å². The van der Waals surface area contributed by atoms with Crippen LogP contribution in [-0.2, 0) is 6.54 Å². The minimum absolute atomic E-state index is 0.0204. The molecule has 0 fully saturated rings. The van der Waals surface area contributed by atoms with E-state index >= 15 is 0 Å². The summed E-state index contributed by atoms with van der Waals surface area (Å²) < 4.78 is 13.9. The van der Waals surface area contributed by atoms with Crippen molar-refractivity contribution < 1.29 is 4.39 Å². The molecule has 1 heterocycles. The van der Waals surface area contributed by atoms with Crippen molar-refractivity contribution in [1.29, 1.82) is 0 Å². The van der Waals surface area contributed by atoms with E-state index in [0.29, 0.717) is 6.54 Å². The molecule has 1 aromatic heterocycles. The monoisotopic (exact) mass is 357 g/mol. The number of thiazole rings is 1. The van der Waals surface area contributed by atoms with E-state index in [1.54, 1.807) is 17.4 Å². The SMILES string of the molecule is Cc1nc(CN(C)C(CN)c2ccc(F)cc2Br)cs1. The third kappa shape index (κ3) is 3.63. The van der Waals surface area contributed by atoms with Crippen molar-refractivity contribution in [1.82, 2.24) is 9.88 Å². The van der Waals surface area contributed by atoms with Gasteiger partial charge < -0.3 is 5.73 Å². The second kappa shape index (κ2) is 6.76. The van der Waals surface area contributed by atoms with Crippen molar-refractivity contribution in [3.8, 4) is 0 Å². The summed E-state index contributed by atoms with van der Waals surface area (Å²) in [5.74, 6) is -0.255. The molecule has 1 aromatic carbocycles. The zero-order chi connectivity index (χ0) is 14.7. The number of nitrogens with two attached hydrogens (primary N) is 1. The molecule has 1 unspecified atom stereocenters. The lowest BCUT2D eigenvalue weighted by Gasteiger charge is -2.27. The standard InChI is InChI=1S/C14H17BrFN3S/c1-9-18-11(8-20-9)7-19(2)14(6-17)12-4-3-10(16)5-13(12)15/h3-5,8,14H,6-7,17H2,1-2H3. The largest absolute Gasteiger partial charge is 0.329 e. The van der Waals surface area contributed by atoms with Gasteiger partial charge in [-0.15, -0.1) is 11.3 Å². The van der Waals surface area contributed by atoms with E-state index in [1.807, 2.05) is 14.0 Å². The van der Waals surface area contributed by atoms with Crippen molar-refractivity contribution in [2.45, 2.75) is 19.5 Å². The maximum absolute atomic E-state index is 13.2. The number of hydrogen-bond acceptors (Lipinski definition) is 4. The van der Waals surface area contributed by atoms with Crippen molar-refractivity contribution in [2.75, 3.05) is 13.6 Å². The highest BCUT2D eigenvalue weighted by molar-refractivity contribution is 9.10. The molecule has 0 aliphatic carbocycles. The van der Waals surface area contributed by atoms with Gasteiger partial charge in [0.1, 0.15) is 5.82 Å². The predicted octanol–water partition coefficient (Wildman–Crippen LogP) is 3.48. The van der Waals surface area contributed by atoms with Crippen LogP contribution in [0.15, 0.2) is 28.1 Å². The number of rotatable bonds is 5. The number of aryl methyl sites for hydroxylation is 1. The first kappa shape index (κ1) is 15.6. The van der Waals surface area contributed by atoms with E-state index in [4.69, 9.17) is 5.73 Å². The molecule has 20 heavy (non-hydrogen) atoms. The van der Waals surface area contributed by atoms with Crippen LogP contribution in [0, 0.1) is 12.7 Å². The second-order valence-corrected chi connectivity index (χ2v) is 6.61. The molecular weight excluding hydrogens is 341 g/mol. The first-order chi connectivity index (χ1) is 9.51. The maximum atomic E-state index is 13.2. The highest BCUT2D eigenvalue weighted by atomic mass is 79.9. The topological polar surface area (TPSA) is 42.2 Å². The van der Waals surface area contributed by atoms with Crippen LogP contribution in [0.25, 0.3) is 0 Å². The summed E-state index contributed by atoms with van der Waals surface area (Å²) in [5, 5.41) is 3.11. The smallest absolute Gasteiger partial charge is 0.124 e. The van der Waals surface area contributed by atoms with Crippen LogP contribution in [-0.4, -0.2) is 23.5 Å². The van der Waals surface area contributed by atoms with Gasteiger partial charge in [-0.25, -0.2) is 9.37 Å². The summed E-state index contributed by atoms with van der Waals surface area (Å²) >= 11 is 5.05. The first-order valence-electron chi connectivity index (χ1n) is 6.27. The van der Waals surface area contributed by atoms with Gasteiger partial charge in [0.2, 0.25) is 0 Å². The van der Waals surface area contributed by atoms with Gasteiger partial charge in [0.05, 0.1) is 10.7 Å². The van der Waals surface area contributed by atoms with Crippen LogP contribution in [0.1, 0.15) is 22.3 Å². The lowest BCUT2D eigenvalue weighted by molar-refractivity contribution is 0.238. The molecule has 0 spiro atoms. The quantitative estimate of drug-likeness (QED) is 0.890. The summed E-state index contributed by atoms with van der Waals surface area (Å²) in [6, 6.07) is 4.73. The van der Waals surface area contributed by atoms with Gasteiger partial charge in [-0.05, 0) is 31.7 Å². The molecule has 0 aliphatic heterocycles. The Kier molecular flexibility index (Phi) is 5.26. The number of benzene rings is 1. The second-order valence-electron chi connectivity index (χ2n) is 4.69. The normalized spacial score (nSPS) is 12.9. The third-order valence-corrected chi connectivity index (χ3v) is 4.66. The molecule has 108 valence electrons. The Hall–Kier alpha value is -0.820. The summed E-state index contributed by atoms with van der Waals surface area (Å²) in [6.45, 7) is 3.17. The molecule has 0 saturated carbocycles. The predicted molar refractivity (Wildman–Crippen MR) is 84.2 cm³/mol.